The molecule has 144 valence electrons. The minimum Gasteiger partial charge on any atom is -0.325 e. The van der Waals surface area contributed by atoms with Gasteiger partial charge in [0, 0.05) is 17.3 Å². The van der Waals surface area contributed by atoms with E-state index < -0.39 is 27.3 Å². The summed E-state index contributed by atoms with van der Waals surface area (Å²) in [5.74, 6) is -0.896. The van der Waals surface area contributed by atoms with Crippen molar-refractivity contribution in [3.63, 3.8) is 0 Å². The number of sulfonamides is 1. The van der Waals surface area contributed by atoms with Gasteiger partial charge in [0.25, 0.3) is 5.56 Å². The van der Waals surface area contributed by atoms with Gasteiger partial charge < -0.3 is 5.32 Å². The zero-order valence-corrected chi connectivity index (χ0v) is 15.2. The van der Waals surface area contributed by atoms with Crippen LogP contribution in [0.25, 0.3) is 11.3 Å². The molecule has 3 N–H and O–H groups in total. The Balaban J connectivity index is 1.70. The number of rotatable bonds is 5. The highest BCUT2D eigenvalue weighted by Gasteiger charge is 2.10. The van der Waals surface area contributed by atoms with Crippen LogP contribution >= 0.6 is 0 Å². The maximum atomic E-state index is 13.0. The predicted molar refractivity (Wildman–Crippen MR) is 100 cm³/mol. The van der Waals surface area contributed by atoms with Crippen molar-refractivity contribution in [2.24, 2.45) is 5.14 Å². The van der Waals surface area contributed by atoms with Gasteiger partial charge in [-0.05, 0) is 48.5 Å². The third kappa shape index (κ3) is 4.67. The molecule has 0 saturated carbocycles. The number of nitrogens with one attached hydrogen (secondary N) is 1. The second-order valence-electron chi connectivity index (χ2n) is 5.86. The van der Waals surface area contributed by atoms with Crippen molar-refractivity contribution in [1.29, 1.82) is 0 Å². The van der Waals surface area contributed by atoms with E-state index >= 15 is 0 Å². The zero-order chi connectivity index (χ0) is 20.3. The minimum atomic E-state index is -3.82. The number of hydrogen-bond acceptors (Lipinski definition) is 5. The number of nitrogens with zero attached hydrogens (tertiary/aromatic N) is 2. The number of carbonyl (C=O) groups excluding carboxylic acids is 1. The fraction of sp³-hybridized carbons (Fsp3) is 0.0556. The number of hydrogen-bond donors (Lipinski definition) is 2. The monoisotopic (exact) mass is 402 g/mol. The van der Waals surface area contributed by atoms with Crippen molar-refractivity contribution in [3.8, 4) is 11.3 Å². The minimum absolute atomic E-state index is 0.0812. The van der Waals surface area contributed by atoms with Crippen molar-refractivity contribution in [1.82, 2.24) is 9.55 Å². The molecule has 0 aliphatic heterocycles. The molecule has 8 nitrogen and oxygen atoms in total. The Morgan fingerprint density at radius 1 is 1.11 bits per heavy atom. The standard InChI is InChI=1S/C18H15FN4O4S/c19-13-3-1-12(2-4-13)16-9-18(25)23(11-21-16)10-17(24)22-14-5-7-15(8-6-14)28(20,26)27/h1-9,11H,10H2,(H,22,24)(H2,20,26,27). The van der Waals surface area contributed by atoms with Crippen LogP contribution in [0.1, 0.15) is 0 Å². The topological polar surface area (TPSA) is 124 Å². The summed E-state index contributed by atoms with van der Waals surface area (Å²) < 4.78 is 36.5. The summed E-state index contributed by atoms with van der Waals surface area (Å²) in [5.41, 5.74) is 0.834. The van der Waals surface area contributed by atoms with Gasteiger partial charge >= 0.3 is 0 Å². The SMILES string of the molecule is NS(=O)(=O)c1ccc(NC(=O)Cn2cnc(-c3ccc(F)cc3)cc2=O)cc1. The highest BCUT2D eigenvalue weighted by Crippen LogP contribution is 2.15. The quantitative estimate of drug-likeness (QED) is 0.666. The molecule has 1 amide bonds. The molecule has 0 unspecified atom stereocenters. The molecule has 0 fully saturated rings. The molecule has 2 aromatic carbocycles. The van der Waals surface area contributed by atoms with Gasteiger partial charge in [0.15, 0.2) is 0 Å². The lowest BCUT2D eigenvalue weighted by atomic mass is 10.1. The van der Waals surface area contributed by atoms with Gasteiger partial charge in [0.1, 0.15) is 12.4 Å². The Kier molecular flexibility index (Phi) is 5.34. The predicted octanol–water partition coefficient (Wildman–Crippen LogP) is 1.34. The number of aromatic nitrogens is 2. The fourth-order valence-corrected chi connectivity index (χ4v) is 2.92. The van der Waals surface area contributed by atoms with E-state index in [4.69, 9.17) is 5.14 Å². The van der Waals surface area contributed by atoms with Gasteiger partial charge in [-0.15, -0.1) is 0 Å². The molecule has 0 saturated heterocycles. The molecular formula is C18H15FN4O4S. The van der Waals surface area contributed by atoms with Gasteiger partial charge in [0.05, 0.1) is 16.9 Å². The molecule has 0 aliphatic rings. The van der Waals surface area contributed by atoms with Crippen LogP contribution in [0.3, 0.4) is 0 Å². The average Bonchev–Trinajstić information content (AvgIpc) is 2.64. The third-order valence-electron chi connectivity index (χ3n) is 3.80. The Morgan fingerprint density at radius 3 is 2.32 bits per heavy atom. The van der Waals surface area contributed by atoms with E-state index in [-0.39, 0.29) is 11.4 Å². The molecule has 10 heteroatoms. The maximum Gasteiger partial charge on any atom is 0.254 e. The van der Waals surface area contributed by atoms with Crippen molar-refractivity contribution in [2.45, 2.75) is 11.4 Å². The number of carbonyl (C=O) groups is 1. The second kappa shape index (κ2) is 7.71. The number of anilines is 1. The molecule has 3 rings (SSSR count). The van der Waals surface area contributed by atoms with E-state index in [1.807, 2.05) is 0 Å². The normalized spacial score (nSPS) is 11.2. The van der Waals surface area contributed by atoms with Gasteiger partial charge in [-0.25, -0.2) is 22.9 Å². The highest BCUT2D eigenvalue weighted by atomic mass is 32.2. The lowest BCUT2D eigenvalue weighted by molar-refractivity contribution is -0.116. The molecular weight excluding hydrogens is 387 g/mol. The molecule has 0 bridgehead atoms. The van der Waals surface area contributed by atoms with Crippen molar-refractivity contribution in [3.05, 3.63) is 77.1 Å². The Bertz CT molecular complexity index is 1170. The smallest absolute Gasteiger partial charge is 0.254 e. The van der Waals surface area contributed by atoms with Crippen LogP contribution in [-0.2, 0) is 21.4 Å². The molecule has 3 aromatic rings. The zero-order valence-electron chi connectivity index (χ0n) is 14.4. The average molecular weight is 402 g/mol. The van der Waals surface area contributed by atoms with E-state index in [9.17, 15) is 22.4 Å². The summed E-state index contributed by atoms with van der Waals surface area (Å²) in [5, 5.41) is 7.55. The van der Waals surface area contributed by atoms with Crippen molar-refractivity contribution in [2.75, 3.05) is 5.32 Å². The molecule has 0 atom stereocenters. The number of benzene rings is 2. The molecule has 1 aromatic heterocycles. The second-order valence-corrected chi connectivity index (χ2v) is 7.43. The first-order chi connectivity index (χ1) is 13.2. The summed E-state index contributed by atoms with van der Waals surface area (Å²) in [6.07, 6.45) is 1.23. The molecule has 0 aliphatic carbocycles. The van der Waals surface area contributed by atoms with Gasteiger partial charge in [0.2, 0.25) is 15.9 Å². The number of amides is 1. The number of nitrogens with two attached hydrogens (primary N) is 1. The number of primary sulfonamides is 1. The van der Waals surface area contributed by atoms with E-state index in [1.165, 1.54) is 60.9 Å². The summed E-state index contributed by atoms with van der Waals surface area (Å²) in [4.78, 5) is 28.4. The van der Waals surface area contributed by atoms with Crippen molar-refractivity contribution < 1.29 is 17.6 Å². The first-order valence-electron chi connectivity index (χ1n) is 7.97. The first-order valence-corrected chi connectivity index (χ1v) is 9.52. The van der Waals surface area contributed by atoms with Gasteiger partial charge in [-0.2, -0.15) is 0 Å². The van der Waals surface area contributed by atoms with Gasteiger partial charge in [-0.1, -0.05) is 0 Å². The Labute approximate surface area is 159 Å². The summed E-state index contributed by atoms with van der Waals surface area (Å²) >= 11 is 0. The molecule has 0 spiro atoms. The van der Waals surface area contributed by atoms with Crippen LogP contribution < -0.4 is 16.0 Å². The number of halogens is 1. The van der Waals surface area contributed by atoms with Crippen LogP contribution in [0.2, 0.25) is 0 Å². The summed E-state index contributed by atoms with van der Waals surface area (Å²) in [6, 6.07) is 12.1. The summed E-state index contributed by atoms with van der Waals surface area (Å²) in [7, 11) is -3.82. The molecule has 28 heavy (non-hydrogen) atoms. The highest BCUT2D eigenvalue weighted by molar-refractivity contribution is 7.89. The van der Waals surface area contributed by atoms with Crippen LogP contribution in [0, 0.1) is 5.82 Å². The molecule has 1 heterocycles. The van der Waals surface area contributed by atoms with Gasteiger partial charge in [-0.3, -0.25) is 14.2 Å². The fourth-order valence-electron chi connectivity index (χ4n) is 2.41. The van der Waals surface area contributed by atoms with E-state index in [0.717, 1.165) is 4.57 Å². The summed E-state index contributed by atoms with van der Waals surface area (Å²) in [6.45, 7) is -0.285. The first kappa shape index (κ1) is 19.4. The largest absolute Gasteiger partial charge is 0.325 e. The van der Waals surface area contributed by atoms with E-state index in [2.05, 4.69) is 10.3 Å². The van der Waals surface area contributed by atoms with Crippen LogP contribution in [0.4, 0.5) is 10.1 Å². The lowest BCUT2D eigenvalue weighted by Crippen LogP contribution is -2.27. The Morgan fingerprint density at radius 2 is 1.75 bits per heavy atom. The maximum absolute atomic E-state index is 13.0. The Hall–Kier alpha value is -3.37. The van der Waals surface area contributed by atoms with E-state index in [0.29, 0.717) is 16.9 Å². The van der Waals surface area contributed by atoms with Crippen LogP contribution in [0.5, 0.6) is 0 Å². The molecule has 0 radical (unpaired) electrons. The van der Waals surface area contributed by atoms with Crippen LogP contribution in [0.15, 0.2) is 70.6 Å². The lowest BCUT2D eigenvalue weighted by Gasteiger charge is -2.08. The van der Waals surface area contributed by atoms with Crippen molar-refractivity contribution >= 4 is 21.6 Å². The third-order valence-corrected chi connectivity index (χ3v) is 4.73. The van der Waals surface area contributed by atoms with Crippen LogP contribution in [-0.4, -0.2) is 23.9 Å². The van der Waals surface area contributed by atoms with E-state index in [1.54, 1.807) is 0 Å².